The van der Waals surface area contributed by atoms with Crippen molar-refractivity contribution >= 4 is 55.8 Å². The number of hydrogen-bond donors (Lipinski definition) is 4. The fourth-order valence-electron chi connectivity index (χ4n) is 3.85. The molecule has 10 nitrogen and oxygen atoms in total. The third-order valence-electron chi connectivity index (χ3n) is 5.45. The molecule has 2 unspecified atom stereocenters. The van der Waals surface area contributed by atoms with Gasteiger partial charge in [0.25, 0.3) is 11.8 Å². The van der Waals surface area contributed by atoms with Crippen LogP contribution in [0.2, 0.25) is 0 Å². The minimum atomic E-state index is -0.384. The number of pyridine rings is 2. The summed E-state index contributed by atoms with van der Waals surface area (Å²) in [5.41, 5.74) is 13.3. The van der Waals surface area contributed by atoms with Crippen molar-refractivity contribution in [1.82, 2.24) is 9.97 Å². The zero-order valence-electron chi connectivity index (χ0n) is 19.6. The lowest BCUT2D eigenvalue weighted by Gasteiger charge is -2.12. The average molecular weight is 525 g/mol. The summed E-state index contributed by atoms with van der Waals surface area (Å²) in [5, 5.41) is 17.4. The summed E-state index contributed by atoms with van der Waals surface area (Å²) in [5.74, 6) is -0.536. The number of nitrogens with zero attached hydrogens (tertiary/aromatic N) is 4. The second-order valence-corrected chi connectivity index (χ2v) is 10.5. The fourth-order valence-corrected chi connectivity index (χ4v) is 5.32. The van der Waals surface area contributed by atoms with Crippen LogP contribution >= 0.6 is 23.5 Å². The first kappa shape index (κ1) is 27.2. The predicted molar refractivity (Wildman–Crippen MR) is 145 cm³/mol. The van der Waals surface area contributed by atoms with Crippen molar-refractivity contribution in [3.05, 3.63) is 60.2 Å². The molecule has 0 aromatic carbocycles. The maximum Gasteiger partial charge on any atom is 0.252 e. The summed E-state index contributed by atoms with van der Waals surface area (Å²) in [7, 11) is 0. The third kappa shape index (κ3) is 9.34. The van der Waals surface area contributed by atoms with Crippen molar-refractivity contribution < 1.29 is 9.59 Å². The lowest BCUT2D eigenvalue weighted by atomic mass is 10.0. The lowest BCUT2D eigenvalue weighted by molar-refractivity contribution is -0.118. The first-order valence-corrected chi connectivity index (χ1v) is 12.9. The number of carbonyl (C=O) groups is 2. The van der Waals surface area contributed by atoms with Gasteiger partial charge in [0.15, 0.2) is 10.3 Å². The third-order valence-corrected chi connectivity index (χ3v) is 7.02. The molecule has 1 aliphatic carbocycles. The normalized spacial score (nSPS) is 18.1. The fraction of sp³-hybridized carbons (Fsp3) is 0.333. The monoisotopic (exact) mass is 524 g/mol. The first-order chi connectivity index (χ1) is 17.3. The molecular formula is C24H28N8O2S2. The van der Waals surface area contributed by atoms with Crippen LogP contribution in [0.25, 0.3) is 0 Å². The molecule has 0 aliphatic heterocycles. The van der Waals surface area contributed by atoms with Crippen molar-refractivity contribution in [2.45, 2.75) is 38.5 Å². The van der Waals surface area contributed by atoms with E-state index in [4.69, 9.17) is 22.3 Å². The first-order valence-electron chi connectivity index (χ1n) is 11.3. The Balaban J connectivity index is 1.40. The van der Waals surface area contributed by atoms with Gasteiger partial charge < -0.3 is 11.5 Å². The van der Waals surface area contributed by atoms with Gasteiger partial charge in [0.1, 0.15) is 0 Å². The highest BCUT2D eigenvalue weighted by Crippen LogP contribution is 2.37. The highest BCUT2D eigenvalue weighted by Gasteiger charge is 2.29. The number of aromatic nitrogens is 2. The number of carbonyl (C=O) groups excluding carboxylic acids is 2. The van der Waals surface area contributed by atoms with Gasteiger partial charge in [-0.2, -0.15) is 9.98 Å². The second-order valence-electron chi connectivity index (χ2n) is 8.34. The highest BCUT2D eigenvalue weighted by molar-refractivity contribution is 8.26. The molecule has 2 amide bonds. The summed E-state index contributed by atoms with van der Waals surface area (Å²) in [4.78, 5) is 39.9. The Hall–Kier alpha value is -3.38. The molecule has 1 aliphatic rings. The number of amidine groups is 2. The smallest absolute Gasteiger partial charge is 0.252 e. The molecule has 36 heavy (non-hydrogen) atoms. The Morgan fingerprint density at radius 2 is 1.47 bits per heavy atom. The van der Waals surface area contributed by atoms with Gasteiger partial charge in [-0.15, -0.1) is 0 Å². The Kier molecular flexibility index (Phi) is 10.3. The molecule has 3 rings (SSSR count). The van der Waals surface area contributed by atoms with E-state index in [-0.39, 0.29) is 46.8 Å². The van der Waals surface area contributed by atoms with Crippen molar-refractivity contribution in [1.29, 1.82) is 10.8 Å². The number of aliphatic imine (C=N–C) groups is 2. The Bertz CT molecular complexity index is 1160. The molecule has 6 N–H and O–H groups in total. The van der Waals surface area contributed by atoms with Crippen molar-refractivity contribution in [3.8, 4) is 0 Å². The standard InChI is InChI=1S/C24H28N8O2S2/c25-19(35-23(27)31-20(33)11-16-3-1-7-29-13-16)10-15-5-6-18(9-15)22(26)36-24(28)32-21(34)12-17-4-2-8-30-14-17/h1-4,7-8,13-15,18,25-26H,5-6,9-12H2,(H2,27,31,33)(H2,28,32,34). The minimum Gasteiger partial charge on any atom is -0.378 e. The maximum atomic E-state index is 12.1. The number of thioether (sulfide) groups is 2. The van der Waals surface area contributed by atoms with Crippen molar-refractivity contribution in [3.63, 3.8) is 0 Å². The van der Waals surface area contributed by atoms with Gasteiger partial charge in [0.05, 0.1) is 22.9 Å². The number of rotatable bonds is 7. The largest absolute Gasteiger partial charge is 0.378 e. The van der Waals surface area contributed by atoms with E-state index in [1.807, 2.05) is 0 Å². The van der Waals surface area contributed by atoms with E-state index in [1.54, 1.807) is 49.1 Å². The van der Waals surface area contributed by atoms with E-state index in [1.165, 1.54) is 0 Å². The Morgan fingerprint density at radius 1 is 0.917 bits per heavy atom. The van der Waals surface area contributed by atoms with Crippen LogP contribution in [0, 0.1) is 22.7 Å². The molecule has 1 saturated carbocycles. The van der Waals surface area contributed by atoms with Gasteiger partial charge in [0.2, 0.25) is 0 Å². The summed E-state index contributed by atoms with van der Waals surface area (Å²) in [6, 6.07) is 7.08. The number of amides is 2. The van der Waals surface area contributed by atoms with E-state index in [2.05, 4.69) is 20.0 Å². The molecular weight excluding hydrogens is 496 g/mol. The zero-order valence-corrected chi connectivity index (χ0v) is 21.2. The van der Waals surface area contributed by atoms with Gasteiger partial charge >= 0.3 is 0 Å². The van der Waals surface area contributed by atoms with E-state index in [0.29, 0.717) is 16.5 Å². The SMILES string of the molecule is N=C(CC1CCC(C(=N)SC(N)=NC(=O)Cc2cccnc2)C1)SC(N)=NC(=O)Cc1cccnc1. The predicted octanol–water partition coefficient (Wildman–Crippen LogP) is 3.17. The van der Waals surface area contributed by atoms with Crippen LogP contribution in [0.1, 0.15) is 36.8 Å². The van der Waals surface area contributed by atoms with Gasteiger partial charge in [-0.1, -0.05) is 12.1 Å². The number of nitrogens with two attached hydrogens (primary N) is 2. The van der Waals surface area contributed by atoms with E-state index < -0.39 is 0 Å². The van der Waals surface area contributed by atoms with Crippen LogP contribution in [-0.4, -0.2) is 42.2 Å². The van der Waals surface area contributed by atoms with Gasteiger partial charge in [-0.3, -0.25) is 30.4 Å². The molecule has 0 bridgehead atoms. The van der Waals surface area contributed by atoms with Gasteiger partial charge in [-0.25, -0.2) is 0 Å². The van der Waals surface area contributed by atoms with E-state index in [9.17, 15) is 9.59 Å². The minimum absolute atomic E-state index is 0.00653. The zero-order chi connectivity index (χ0) is 25.9. The summed E-state index contributed by atoms with van der Waals surface area (Å²) in [6.45, 7) is 0. The molecule has 12 heteroatoms. The summed E-state index contributed by atoms with van der Waals surface area (Å²) in [6.07, 6.45) is 9.59. The molecule has 2 atom stereocenters. The van der Waals surface area contributed by atoms with Gasteiger partial charge in [-0.05, 0) is 78.4 Å². The maximum absolute atomic E-state index is 12.1. The topological polar surface area (TPSA) is 184 Å². The van der Waals surface area contributed by atoms with E-state index in [0.717, 1.165) is 53.9 Å². The summed E-state index contributed by atoms with van der Waals surface area (Å²) >= 11 is 2.00. The molecule has 1 fully saturated rings. The van der Waals surface area contributed by atoms with Crippen LogP contribution in [0.15, 0.2) is 59.0 Å². The van der Waals surface area contributed by atoms with Crippen LogP contribution in [0.5, 0.6) is 0 Å². The second kappa shape index (κ2) is 13.6. The molecule has 2 heterocycles. The van der Waals surface area contributed by atoms with Crippen molar-refractivity contribution in [2.75, 3.05) is 0 Å². The highest BCUT2D eigenvalue weighted by atomic mass is 32.2. The van der Waals surface area contributed by atoms with Crippen LogP contribution in [0.3, 0.4) is 0 Å². The van der Waals surface area contributed by atoms with Crippen molar-refractivity contribution in [2.24, 2.45) is 33.3 Å². The van der Waals surface area contributed by atoms with E-state index >= 15 is 0 Å². The molecule has 2 aromatic rings. The molecule has 0 spiro atoms. The average Bonchev–Trinajstić information content (AvgIpc) is 3.28. The van der Waals surface area contributed by atoms with Crippen LogP contribution < -0.4 is 11.5 Å². The number of hydrogen-bond acceptors (Lipinski definition) is 8. The van der Waals surface area contributed by atoms with Crippen LogP contribution in [0.4, 0.5) is 0 Å². The number of nitrogens with one attached hydrogen (secondary N) is 2. The lowest BCUT2D eigenvalue weighted by Crippen LogP contribution is -2.17. The van der Waals surface area contributed by atoms with Crippen LogP contribution in [-0.2, 0) is 22.4 Å². The Labute approximate surface area is 217 Å². The molecule has 0 radical (unpaired) electrons. The quantitative estimate of drug-likeness (QED) is 0.314. The molecule has 2 aromatic heterocycles. The summed E-state index contributed by atoms with van der Waals surface area (Å²) < 4.78 is 0. The van der Waals surface area contributed by atoms with Gasteiger partial charge in [0, 0.05) is 30.7 Å². The molecule has 0 saturated heterocycles. The molecule has 188 valence electrons. The Morgan fingerprint density at radius 3 is 2.00 bits per heavy atom.